The second-order valence-electron chi connectivity index (χ2n) is 5.24. The molecule has 8 heteroatoms. The van der Waals surface area contributed by atoms with Gasteiger partial charge in [-0.2, -0.15) is 0 Å². The molecule has 0 heterocycles. The van der Waals surface area contributed by atoms with Crippen LogP contribution in [0.1, 0.15) is 46.0 Å². The lowest BCUT2D eigenvalue weighted by Gasteiger charge is -2.23. The molecule has 23 heavy (non-hydrogen) atoms. The number of hydrogen-bond acceptors (Lipinski definition) is 6. The van der Waals surface area contributed by atoms with Crippen molar-refractivity contribution in [2.45, 2.75) is 52.0 Å². The standard InChI is InChI=1S/C15H30N4O4/c1-3-5-10-23-15(22)19(11-13(20)18-4-2)14(21)12(17)8-6-7-9-16/h12H,3-11,16-17H2,1-2H3,(H,18,20)/t12-/m0/s1. The number of rotatable bonds is 11. The maximum absolute atomic E-state index is 12.3. The Morgan fingerprint density at radius 2 is 1.87 bits per heavy atom. The van der Waals surface area contributed by atoms with Crippen molar-refractivity contribution in [3.8, 4) is 0 Å². The van der Waals surface area contributed by atoms with Gasteiger partial charge in [0.1, 0.15) is 6.54 Å². The van der Waals surface area contributed by atoms with E-state index in [4.69, 9.17) is 16.2 Å². The fourth-order valence-corrected chi connectivity index (χ4v) is 1.84. The number of carbonyl (C=O) groups excluding carboxylic acids is 3. The van der Waals surface area contributed by atoms with Crippen molar-refractivity contribution in [1.29, 1.82) is 0 Å². The third kappa shape index (κ3) is 9.14. The van der Waals surface area contributed by atoms with Gasteiger partial charge in [0.05, 0.1) is 12.6 Å². The third-order valence-corrected chi connectivity index (χ3v) is 3.17. The minimum absolute atomic E-state index is 0.205. The molecule has 0 aromatic rings. The van der Waals surface area contributed by atoms with Gasteiger partial charge in [-0.15, -0.1) is 0 Å². The number of ether oxygens (including phenoxy) is 1. The quantitative estimate of drug-likeness (QED) is 0.469. The number of amides is 3. The monoisotopic (exact) mass is 330 g/mol. The van der Waals surface area contributed by atoms with Crippen molar-refractivity contribution in [3.63, 3.8) is 0 Å². The number of unbranched alkanes of at least 4 members (excludes halogenated alkanes) is 2. The zero-order valence-corrected chi connectivity index (χ0v) is 14.2. The summed E-state index contributed by atoms with van der Waals surface area (Å²) < 4.78 is 5.03. The fraction of sp³-hybridized carbons (Fsp3) is 0.800. The Bertz CT molecular complexity index is 376. The number of nitrogens with zero attached hydrogens (tertiary/aromatic N) is 1. The maximum atomic E-state index is 12.3. The van der Waals surface area contributed by atoms with Gasteiger partial charge >= 0.3 is 6.09 Å². The summed E-state index contributed by atoms with van der Waals surface area (Å²) in [6.45, 7) is 4.46. The van der Waals surface area contributed by atoms with Gasteiger partial charge in [0.2, 0.25) is 11.8 Å². The molecule has 0 aliphatic heterocycles. The summed E-state index contributed by atoms with van der Waals surface area (Å²) in [5, 5.41) is 2.55. The molecular formula is C15H30N4O4. The Balaban J connectivity index is 4.76. The smallest absolute Gasteiger partial charge is 0.417 e. The van der Waals surface area contributed by atoms with Gasteiger partial charge in [-0.3, -0.25) is 9.59 Å². The van der Waals surface area contributed by atoms with Crippen molar-refractivity contribution < 1.29 is 19.1 Å². The van der Waals surface area contributed by atoms with Crippen LogP contribution in [0.5, 0.6) is 0 Å². The van der Waals surface area contributed by atoms with Crippen LogP contribution in [0.2, 0.25) is 0 Å². The summed E-state index contributed by atoms with van der Waals surface area (Å²) in [6, 6.07) is -0.852. The Labute approximate surface area is 137 Å². The Kier molecular flexibility index (Phi) is 11.9. The van der Waals surface area contributed by atoms with E-state index in [0.717, 1.165) is 17.7 Å². The molecule has 0 aliphatic rings. The maximum Gasteiger partial charge on any atom is 0.417 e. The van der Waals surface area contributed by atoms with Gasteiger partial charge in [0.25, 0.3) is 0 Å². The van der Waals surface area contributed by atoms with Crippen molar-refractivity contribution in [1.82, 2.24) is 10.2 Å². The van der Waals surface area contributed by atoms with Crippen molar-refractivity contribution >= 4 is 17.9 Å². The number of nitrogens with one attached hydrogen (secondary N) is 1. The van der Waals surface area contributed by atoms with Crippen LogP contribution in [-0.2, 0) is 14.3 Å². The first kappa shape index (κ1) is 21.3. The van der Waals surface area contributed by atoms with E-state index in [1.807, 2.05) is 6.92 Å². The molecule has 0 saturated heterocycles. The summed E-state index contributed by atoms with van der Waals surface area (Å²) >= 11 is 0. The average molecular weight is 330 g/mol. The minimum Gasteiger partial charge on any atom is -0.449 e. The molecule has 0 unspecified atom stereocenters. The molecule has 5 N–H and O–H groups in total. The first-order valence-corrected chi connectivity index (χ1v) is 8.18. The SMILES string of the molecule is CCCCOC(=O)N(CC(=O)NCC)C(=O)[C@@H](N)CCCCN. The number of likely N-dealkylation sites (N-methyl/N-ethyl adjacent to an activating group) is 1. The van der Waals surface area contributed by atoms with Crippen LogP contribution >= 0.6 is 0 Å². The molecule has 0 aromatic carbocycles. The zero-order chi connectivity index (χ0) is 17.7. The fourth-order valence-electron chi connectivity index (χ4n) is 1.84. The van der Waals surface area contributed by atoms with Crippen LogP contribution in [-0.4, -0.2) is 55.1 Å². The van der Waals surface area contributed by atoms with Gasteiger partial charge in [0, 0.05) is 6.54 Å². The second kappa shape index (κ2) is 12.8. The Morgan fingerprint density at radius 3 is 2.43 bits per heavy atom. The van der Waals surface area contributed by atoms with Crippen LogP contribution in [0.4, 0.5) is 4.79 Å². The molecule has 3 amide bonds. The van der Waals surface area contributed by atoms with Crippen molar-refractivity contribution in [2.24, 2.45) is 11.5 Å². The van der Waals surface area contributed by atoms with Gasteiger partial charge in [-0.1, -0.05) is 19.8 Å². The molecule has 0 spiro atoms. The molecular weight excluding hydrogens is 300 g/mol. The van der Waals surface area contributed by atoms with Gasteiger partial charge in [0.15, 0.2) is 0 Å². The van der Waals surface area contributed by atoms with E-state index in [-0.39, 0.29) is 13.2 Å². The molecule has 0 bridgehead atoms. The largest absolute Gasteiger partial charge is 0.449 e. The van der Waals surface area contributed by atoms with E-state index in [2.05, 4.69) is 5.32 Å². The van der Waals surface area contributed by atoms with Crippen LogP contribution in [0.15, 0.2) is 0 Å². The van der Waals surface area contributed by atoms with Gasteiger partial charge in [-0.25, -0.2) is 9.69 Å². The Hall–Kier alpha value is -1.67. The zero-order valence-electron chi connectivity index (χ0n) is 14.2. The highest BCUT2D eigenvalue weighted by atomic mass is 16.6. The van der Waals surface area contributed by atoms with E-state index >= 15 is 0 Å². The summed E-state index contributed by atoms with van der Waals surface area (Å²) in [7, 11) is 0. The molecule has 1 atom stereocenters. The first-order valence-electron chi connectivity index (χ1n) is 8.18. The van der Waals surface area contributed by atoms with Crippen LogP contribution in [0.3, 0.4) is 0 Å². The highest BCUT2D eigenvalue weighted by Gasteiger charge is 2.29. The summed E-state index contributed by atoms with van der Waals surface area (Å²) in [5.74, 6) is -1.03. The average Bonchev–Trinajstić information content (AvgIpc) is 2.52. The number of imide groups is 1. The third-order valence-electron chi connectivity index (χ3n) is 3.17. The highest BCUT2D eigenvalue weighted by Crippen LogP contribution is 2.05. The number of nitrogens with two attached hydrogens (primary N) is 2. The van der Waals surface area contributed by atoms with Crippen molar-refractivity contribution in [2.75, 3.05) is 26.2 Å². The lowest BCUT2D eigenvalue weighted by Crippen LogP contribution is -2.50. The summed E-state index contributed by atoms with van der Waals surface area (Å²) in [6.07, 6.45) is 2.56. The highest BCUT2D eigenvalue weighted by molar-refractivity contribution is 5.98. The predicted octanol–water partition coefficient (Wildman–Crippen LogP) is 0.344. The molecule has 8 nitrogen and oxygen atoms in total. The molecule has 0 fully saturated rings. The van der Waals surface area contributed by atoms with E-state index in [9.17, 15) is 14.4 Å². The number of hydrogen-bond donors (Lipinski definition) is 3. The summed E-state index contributed by atoms with van der Waals surface area (Å²) in [5.41, 5.74) is 11.2. The summed E-state index contributed by atoms with van der Waals surface area (Å²) in [4.78, 5) is 36.9. The molecule has 134 valence electrons. The topological polar surface area (TPSA) is 128 Å². The molecule has 0 aromatic heterocycles. The first-order chi connectivity index (χ1) is 11.0. The van der Waals surface area contributed by atoms with Gasteiger partial charge in [-0.05, 0) is 32.7 Å². The lowest BCUT2D eigenvalue weighted by molar-refractivity contribution is -0.135. The van der Waals surface area contributed by atoms with E-state index in [1.165, 1.54) is 0 Å². The minimum atomic E-state index is -0.852. The van der Waals surface area contributed by atoms with E-state index < -0.39 is 23.9 Å². The normalized spacial score (nSPS) is 11.7. The Morgan fingerprint density at radius 1 is 1.17 bits per heavy atom. The van der Waals surface area contributed by atoms with Crippen LogP contribution < -0.4 is 16.8 Å². The van der Waals surface area contributed by atoms with E-state index in [1.54, 1.807) is 6.92 Å². The lowest BCUT2D eigenvalue weighted by atomic mass is 10.1. The number of carbonyl (C=O) groups is 3. The van der Waals surface area contributed by atoms with Crippen molar-refractivity contribution in [3.05, 3.63) is 0 Å². The second-order valence-corrected chi connectivity index (χ2v) is 5.24. The van der Waals surface area contributed by atoms with Crippen LogP contribution in [0, 0.1) is 0 Å². The molecule has 0 saturated carbocycles. The molecule has 0 radical (unpaired) electrons. The molecule has 0 aliphatic carbocycles. The van der Waals surface area contributed by atoms with Crippen LogP contribution in [0.25, 0.3) is 0 Å². The predicted molar refractivity (Wildman–Crippen MR) is 87.5 cm³/mol. The van der Waals surface area contributed by atoms with E-state index in [0.29, 0.717) is 32.4 Å². The molecule has 0 rings (SSSR count). The van der Waals surface area contributed by atoms with Gasteiger partial charge < -0.3 is 21.5 Å².